The van der Waals surface area contributed by atoms with Crippen LogP contribution in [0.4, 0.5) is 5.69 Å². The van der Waals surface area contributed by atoms with Crippen LogP contribution in [0, 0.1) is 0 Å². The minimum atomic E-state index is 0.310. The van der Waals surface area contributed by atoms with E-state index in [0.717, 1.165) is 32.7 Å². The molecule has 1 fully saturated rings. The number of benzene rings is 1. The SMILES string of the molecule is CCCNC(C)c1ccccc1N1CCCOC(C)C1. The maximum atomic E-state index is 5.76. The molecule has 2 rings (SSSR count). The molecule has 0 spiro atoms. The van der Waals surface area contributed by atoms with Crippen molar-refractivity contribution in [2.75, 3.05) is 31.1 Å². The minimum Gasteiger partial charge on any atom is -0.377 e. The van der Waals surface area contributed by atoms with Crippen LogP contribution in [-0.4, -0.2) is 32.3 Å². The van der Waals surface area contributed by atoms with Gasteiger partial charge in [0.1, 0.15) is 0 Å². The second kappa shape index (κ2) is 7.65. The molecule has 1 heterocycles. The quantitative estimate of drug-likeness (QED) is 0.892. The van der Waals surface area contributed by atoms with Gasteiger partial charge in [0.15, 0.2) is 0 Å². The van der Waals surface area contributed by atoms with E-state index in [9.17, 15) is 0 Å². The molecule has 20 heavy (non-hydrogen) atoms. The summed E-state index contributed by atoms with van der Waals surface area (Å²) < 4.78 is 5.76. The second-order valence-corrected chi connectivity index (χ2v) is 5.72. The standard InChI is InChI=1S/C17H28N2O/c1-4-10-18-15(3)16-8-5-6-9-17(16)19-11-7-12-20-14(2)13-19/h5-6,8-9,14-15,18H,4,7,10-13H2,1-3H3. The zero-order valence-electron chi connectivity index (χ0n) is 13.1. The number of hydrogen-bond donors (Lipinski definition) is 1. The van der Waals surface area contributed by atoms with Crippen LogP contribution in [0.25, 0.3) is 0 Å². The van der Waals surface area contributed by atoms with Gasteiger partial charge in [-0.05, 0) is 44.9 Å². The molecule has 1 aliphatic heterocycles. The lowest BCUT2D eigenvalue weighted by Gasteiger charge is -2.29. The van der Waals surface area contributed by atoms with E-state index in [1.165, 1.54) is 17.7 Å². The first kappa shape index (κ1) is 15.3. The van der Waals surface area contributed by atoms with Crippen LogP contribution >= 0.6 is 0 Å². The third kappa shape index (κ3) is 3.97. The number of para-hydroxylation sites is 1. The second-order valence-electron chi connectivity index (χ2n) is 5.72. The number of anilines is 1. The molecule has 1 aromatic rings. The summed E-state index contributed by atoms with van der Waals surface area (Å²) in [7, 11) is 0. The number of ether oxygens (including phenoxy) is 1. The van der Waals surface area contributed by atoms with Crippen LogP contribution in [0.3, 0.4) is 0 Å². The third-order valence-electron chi connectivity index (χ3n) is 3.90. The molecular formula is C17H28N2O. The van der Waals surface area contributed by atoms with Gasteiger partial charge in [0.05, 0.1) is 6.10 Å². The monoisotopic (exact) mass is 276 g/mol. The Balaban J connectivity index is 2.17. The van der Waals surface area contributed by atoms with Gasteiger partial charge in [-0.2, -0.15) is 0 Å². The highest BCUT2D eigenvalue weighted by Gasteiger charge is 2.19. The van der Waals surface area contributed by atoms with Crippen LogP contribution in [0.15, 0.2) is 24.3 Å². The average molecular weight is 276 g/mol. The molecule has 1 saturated heterocycles. The van der Waals surface area contributed by atoms with Crippen molar-refractivity contribution in [3.05, 3.63) is 29.8 Å². The van der Waals surface area contributed by atoms with E-state index in [1.807, 2.05) is 0 Å². The highest BCUT2D eigenvalue weighted by atomic mass is 16.5. The fourth-order valence-electron chi connectivity index (χ4n) is 2.83. The van der Waals surface area contributed by atoms with Crippen molar-refractivity contribution in [3.8, 4) is 0 Å². The summed E-state index contributed by atoms with van der Waals surface area (Å²) in [6.07, 6.45) is 2.58. The fraction of sp³-hybridized carbons (Fsp3) is 0.647. The molecule has 0 radical (unpaired) electrons. The van der Waals surface area contributed by atoms with Gasteiger partial charge in [0, 0.05) is 31.4 Å². The maximum absolute atomic E-state index is 5.76. The Morgan fingerprint density at radius 1 is 1.40 bits per heavy atom. The van der Waals surface area contributed by atoms with Gasteiger partial charge in [-0.25, -0.2) is 0 Å². The van der Waals surface area contributed by atoms with E-state index < -0.39 is 0 Å². The van der Waals surface area contributed by atoms with E-state index in [1.54, 1.807) is 0 Å². The fourth-order valence-corrected chi connectivity index (χ4v) is 2.83. The highest BCUT2D eigenvalue weighted by Crippen LogP contribution is 2.27. The first-order valence-electron chi connectivity index (χ1n) is 7.91. The van der Waals surface area contributed by atoms with Gasteiger partial charge >= 0.3 is 0 Å². The number of nitrogens with one attached hydrogen (secondary N) is 1. The summed E-state index contributed by atoms with van der Waals surface area (Å²) in [5.41, 5.74) is 2.76. The lowest BCUT2D eigenvalue weighted by Crippen LogP contribution is -2.32. The molecule has 1 aromatic carbocycles. The van der Waals surface area contributed by atoms with E-state index >= 15 is 0 Å². The molecule has 3 nitrogen and oxygen atoms in total. The topological polar surface area (TPSA) is 24.5 Å². The molecular weight excluding hydrogens is 248 g/mol. The molecule has 0 saturated carbocycles. The Bertz CT molecular complexity index is 408. The summed E-state index contributed by atoms with van der Waals surface area (Å²) in [4.78, 5) is 2.48. The maximum Gasteiger partial charge on any atom is 0.0721 e. The highest BCUT2D eigenvalue weighted by molar-refractivity contribution is 5.55. The normalized spacial score (nSPS) is 21.6. The molecule has 1 N–H and O–H groups in total. The first-order chi connectivity index (χ1) is 9.72. The Hall–Kier alpha value is -1.06. The third-order valence-corrected chi connectivity index (χ3v) is 3.90. The lowest BCUT2D eigenvalue weighted by molar-refractivity contribution is 0.0820. The van der Waals surface area contributed by atoms with Gasteiger partial charge in [-0.15, -0.1) is 0 Å². The van der Waals surface area contributed by atoms with Crippen molar-refractivity contribution in [2.24, 2.45) is 0 Å². The summed E-state index contributed by atoms with van der Waals surface area (Å²) in [5, 5.41) is 3.60. The molecule has 112 valence electrons. The van der Waals surface area contributed by atoms with Crippen LogP contribution in [-0.2, 0) is 4.74 Å². The Morgan fingerprint density at radius 2 is 2.20 bits per heavy atom. The Morgan fingerprint density at radius 3 is 3.00 bits per heavy atom. The summed E-state index contributed by atoms with van der Waals surface area (Å²) in [5.74, 6) is 0. The summed E-state index contributed by atoms with van der Waals surface area (Å²) >= 11 is 0. The van der Waals surface area contributed by atoms with Crippen molar-refractivity contribution >= 4 is 5.69 Å². The molecule has 2 atom stereocenters. The summed E-state index contributed by atoms with van der Waals surface area (Å²) in [6, 6.07) is 9.17. The predicted octanol–water partition coefficient (Wildman–Crippen LogP) is 3.36. The molecule has 1 aliphatic rings. The van der Waals surface area contributed by atoms with Crippen LogP contribution in [0.2, 0.25) is 0 Å². The van der Waals surface area contributed by atoms with E-state index in [4.69, 9.17) is 4.74 Å². The van der Waals surface area contributed by atoms with Crippen molar-refractivity contribution in [2.45, 2.75) is 45.8 Å². The van der Waals surface area contributed by atoms with E-state index in [0.29, 0.717) is 12.1 Å². The van der Waals surface area contributed by atoms with Crippen molar-refractivity contribution in [1.82, 2.24) is 5.32 Å². The lowest BCUT2D eigenvalue weighted by atomic mass is 10.0. The molecule has 3 heteroatoms. The average Bonchev–Trinajstić information content (AvgIpc) is 2.69. The van der Waals surface area contributed by atoms with Crippen LogP contribution in [0.5, 0.6) is 0 Å². The Kier molecular flexibility index (Phi) is 5.86. The molecule has 0 amide bonds. The molecule has 0 aromatic heterocycles. The Labute approximate surface area is 123 Å². The summed E-state index contributed by atoms with van der Waals surface area (Å²) in [6.45, 7) is 10.6. The van der Waals surface area contributed by atoms with Crippen LogP contribution in [0.1, 0.15) is 45.2 Å². The molecule has 0 aliphatic carbocycles. The van der Waals surface area contributed by atoms with Crippen molar-refractivity contribution in [3.63, 3.8) is 0 Å². The largest absolute Gasteiger partial charge is 0.377 e. The van der Waals surface area contributed by atoms with E-state index in [-0.39, 0.29) is 0 Å². The van der Waals surface area contributed by atoms with Gasteiger partial charge in [0.2, 0.25) is 0 Å². The van der Waals surface area contributed by atoms with Gasteiger partial charge in [0.25, 0.3) is 0 Å². The van der Waals surface area contributed by atoms with Gasteiger partial charge in [-0.1, -0.05) is 25.1 Å². The van der Waals surface area contributed by atoms with Crippen molar-refractivity contribution in [1.29, 1.82) is 0 Å². The molecule has 0 bridgehead atoms. The number of rotatable bonds is 5. The van der Waals surface area contributed by atoms with E-state index in [2.05, 4.69) is 55.3 Å². The van der Waals surface area contributed by atoms with Crippen molar-refractivity contribution < 1.29 is 4.74 Å². The van der Waals surface area contributed by atoms with Gasteiger partial charge in [-0.3, -0.25) is 0 Å². The first-order valence-corrected chi connectivity index (χ1v) is 7.91. The zero-order chi connectivity index (χ0) is 14.4. The number of hydrogen-bond acceptors (Lipinski definition) is 3. The minimum absolute atomic E-state index is 0.310. The zero-order valence-corrected chi connectivity index (χ0v) is 13.1. The number of nitrogens with zero attached hydrogens (tertiary/aromatic N) is 1. The van der Waals surface area contributed by atoms with Crippen LogP contribution < -0.4 is 10.2 Å². The molecule has 2 unspecified atom stereocenters. The predicted molar refractivity (Wildman–Crippen MR) is 85.4 cm³/mol. The van der Waals surface area contributed by atoms with Gasteiger partial charge < -0.3 is 15.0 Å². The smallest absolute Gasteiger partial charge is 0.0721 e.